The average Bonchev–Trinajstić information content (AvgIpc) is 2.62. The Balaban J connectivity index is 1.92. The standard InChI is InChI=1S/C19H27NO4/c1-2-23-19(22)13-14-20(16-9-5-3-6-10-16)18(21)15-24-17-11-7-4-8-12-17/h4,7-8,11-12,16H,2-3,5-6,9-10,13-15H2,1H3. The number of carbonyl (C=O) groups excluding carboxylic acids is 2. The molecule has 0 radical (unpaired) electrons. The second-order valence-corrected chi connectivity index (χ2v) is 6.04. The number of hydrogen-bond donors (Lipinski definition) is 0. The van der Waals surface area contributed by atoms with Crippen molar-refractivity contribution in [2.45, 2.75) is 51.5 Å². The number of benzene rings is 1. The van der Waals surface area contributed by atoms with E-state index < -0.39 is 0 Å². The van der Waals surface area contributed by atoms with Crippen LogP contribution < -0.4 is 4.74 Å². The third kappa shape index (κ3) is 5.87. The zero-order valence-electron chi connectivity index (χ0n) is 14.4. The van der Waals surface area contributed by atoms with Gasteiger partial charge in [-0.2, -0.15) is 0 Å². The van der Waals surface area contributed by atoms with Crippen LogP contribution in [0.3, 0.4) is 0 Å². The molecule has 0 atom stereocenters. The highest BCUT2D eigenvalue weighted by Gasteiger charge is 2.26. The molecule has 0 unspecified atom stereocenters. The summed E-state index contributed by atoms with van der Waals surface area (Å²) >= 11 is 0. The van der Waals surface area contributed by atoms with Crippen molar-refractivity contribution in [3.8, 4) is 5.75 Å². The first-order chi connectivity index (χ1) is 11.7. The van der Waals surface area contributed by atoms with Crippen LogP contribution in [0.4, 0.5) is 0 Å². The van der Waals surface area contributed by atoms with Gasteiger partial charge < -0.3 is 14.4 Å². The summed E-state index contributed by atoms with van der Waals surface area (Å²) in [5.41, 5.74) is 0. The molecular formula is C19H27NO4. The molecule has 0 aromatic heterocycles. The third-order valence-electron chi connectivity index (χ3n) is 4.30. The van der Waals surface area contributed by atoms with Crippen molar-refractivity contribution < 1.29 is 19.1 Å². The van der Waals surface area contributed by atoms with Gasteiger partial charge in [-0.25, -0.2) is 0 Å². The Morgan fingerprint density at radius 2 is 1.83 bits per heavy atom. The molecule has 5 nitrogen and oxygen atoms in total. The lowest BCUT2D eigenvalue weighted by molar-refractivity contribution is -0.145. The molecule has 0 N–H and O–H groups in total. The van der Waals surface area contributed by atoms with Crippen LogP contribution in [0.5, 0.6) is 5.75 Å². The predicted octanol–water partition coefficient (Wildman–Crippen LogP) is 3.18. The first-order valence-corrected chi connectivity index (χ1v) is 8.83. The van der Waals surface area contributed by atoms with Crippen LogP contribution in [-0.2, 0) is 14.3 Å². The Bertz CT molecular complexity index is 511. The summed E-state index contributed by atoms with van der Waals surface area (Å²) in [4.78, 5) is 26.1. The van der Waals surface area contributed by atoms with Gasteiger partial charge in [0.2, 0.25) is 0 Å². The summed E-state index contributed by atoms with van der Waals surface area (Å²) in [5.74, 6) is 0.366. The minimum absolute atomic E-state index is 0.00331. The molecule has 0 spiro atoms. The molecule has 132 valence electrons. The van der Waals surface area contributed by atoms with E-state index in [9.17, 15) is 9.59 Å². The maximum absolute atomic E-state index is 12.6. The van der Waals surface area contributed by atoms with Crippen LogP contribution >= 0.6 is 0 Å². The van der Waals surface area contributed by atoms with Gasteiger partial charge >= 0.3 is 5.97 Å². The van der Waals surface area contributed by atoms with E-state index in [4.69, 9.17) is 9.47 Å². The Labute approximate surface area is 143 Å². The van der Waals surface area contributed by atoms with Gasteiger partial charge in [0, 0.05) is 12.6 Å². The molecule has 0 heterocycles. The smallest absolute Gasteiger partial charge is 0.307 e. The molecule has 0 aliphatic heterocycles. The Morgan fingerprint density at radius 1 is 1.12 bits per heavy atom. The van der Waals surface area contributed by atoms with E-state index >= 15 is 0 Å². The number of nitrogens with zero attached hydrogens (tertiary/aromatic N) is 1. The summed E-state index contributed by atoms with van der Waals surface area (Å²) in [5, 5.41) is 0. The minimum atomic E-state index is -0.255. The van der Waals surface area contributed by atoms with Crippen LogP contribution in [-0.4, -0.2) is 42.6 Å². The van der Waals surface area contributed by atoms with Gasteiger partial charge in [-0.15, -0.1) is 0 Å². The summed E-state index contributed by atoms with van der Waals surface area (Å²) in [6, 6.07) is 9.52. The Hall–Kier alpha value is -2.04. The zero-order valence-corrected chi connectivity index (χ0v) is 14.4. The van der Waals surface area contributed by atoms with E-state index in [2.05, 4.69) is 0 Å². The monoisotopic (exact) mass is 333 g/mol. The largest absolute Gasteiger partial charge is 0.484 e. The molecule has 1 saturated carbocycles. The maximum Gasteiger partial charge on any atom is 0.307 e. The van der Waals surface area contributed by atoms with Gasteiger partial charge in [0.1, 0.15) is 5.75 Å². The molecule has 1 aromatic carbocycles. The van der Waals surface area contributed by atoms with E-state index in [1.54, 1.807) is 6.92 Å². The van der Waals surface area contributed by atoms with E-state index in [-0.39, 0.29) is 30.9 Å². The second kappa shape index (κ2) is 9.96. The van der Waals surface area contributed by atoms with Gasteiger partial charge in [-0.1, -0.05) is 37.5 Å². The molecule has 0 bridgehead atoms. The van der Waals surface area contributed by atoms with Gasteiger partial charge in [-0.3, -0.25) is 9.59 Å². The van der Waals surface area contributed by atoms with E-state index in [0.717, 1.165) is 25.7 Å². The molecule has 2 rings (SSSR count). The van der Waals surface area contributed by atoms with E-state index in [1.807, 2.05) is 35.2 Å². The normalized spacial score (nSPS) is 14.9. The van der Waals surface area contributed by atoms with Crippen molar-refractivity contribution in [1.82, 2.24) is 4.90 Å². The average molecular weight is 333 g/mol. The lowest BCUT2D eigenvalue weighted by Crippen LogP contribution is -2.44. The fraction of sp³-hybridized carbons (Fsp3) is 0.579. The van der Waals surface area contributed by atoms with Crippen LogP contribution in [0.2, 0.25) is 0 Å². The highest BCUT2D eigenvalue weighted by atomic mass is 16.5. The van der Waals surface area contributed by atoms with E-state index in [0.29, 0.717) is 18.9 Å². The molecule has 1 aromatic rings. The molecular weight excluding hydrogens is 306 g/mol. The SMILES string of the molecule is CCOC(=O)CCN(C(=O)COc1ccccc1)C1CCCCC1. The van der Waals surface area contributed by atoms with Crippen LogP contribution in [0.15, 0.2) is 30.3 Å². The van der Waals surface area contributed by atoms with E-state index in [1.165, 1.54) is 6.42 Å². The highest BCUT2D eigenvalue weighted by Crippen LogP contribution is 2.23. The van der Waals surface area contributed by atoms with Crippen LogP contribution in [0.25, 0.3) is 0 Å². The maximum atomic E-state index is 12.6. The fourth-order valence-electron chi connectivity index (χ4n) is 3.09. The highest BCUT2D eigenvalue weighted by molar-refractivity contribution is 5.79. The van der Waals surface area contributed by atoms with Crippen molar-refractivity contribution >= 4 is 11.9 Å². The second-order valence-electron chi connectivity index (χ2n) is 6.04. The molecule has 1 aliphatic rings. The fourth-order valence-corrected chi connectivity index (χ4v) is 3.09. The number of para-hydroxylation sites is 1. The Morgan fingerprint density at radius 3 is 2.50 bits per heavy atom. The molecule has 1 fully saturated rings. The molecule has 1 amide bonds. The van der Waals surface area contributed by atoms with Crippen molar-refractivity contribution in [3.63, 3.8) is 0 Å². The number of rotatable bonds is 8. The van der Waals surface area contributed by atoms with Crippen molar-refractivity contribution in [3.05, 3.63) is 30.3 Å². The van der Waals surface area contributed by atoms with Crippen molar-refractivity contribution in [2.75, 3.05) is 19.8 Å². The number of amides is 1. The van der Waals surface area contributed by atoms with Crippen molar-refractivity contribution in [2.24, 2.45) is 0 Å². The lowest BCUT2D eigenvalue weighted by Gasteiger charge is -2.34. The quantitative estimate of drug-likeness (QED) is 0.686. The summed E-state index contributed by atoms with van der Waals surface area (Å²) < 4.78 is 10.6. The third-order valence-corrected chi connectivity index (χ3v) is 4.30. The van der Waals surface area contributed by atoms with Gasteiger partial charge in [0.25, 0.3) is 5.91 Å². The molecule has 0 saturated heterocycles. The van der Waals surface area contributed by atoms with Gasteiger partial charge in [0.15, 0.2) is 6.61 Å². The number of carbonyl (C=O) groups is 2. The number of ether oxygens (including phenoxy) is 2. The Kier molecular flexibility index (Phi) is 7.59. The summed E-state index contributed by atoms with van der Waals surface area (Å²) in [6.45, 7) is 2.56. The molecule has 5 heteroatoms. The van der Waals surface area contributed by atoms with Gasteiger partial charge in [-0.05, 0) is 31.9 Å². The molecule has 1 aliphatic carbocycles. The van der Waals surface area contributed by atoms with Crippen LogP contribution in [0.1, 0.15) is 45.4 Å². The summed E-state index contributed by atoms with van der Waals surface area (Å²) in [7, 11) is 0. The molecule has 24 heavy (non-hydrogen) atoms. The van der Waals surface area contributed by atoms with Crippen LogP contribution in [0, 0.1) is 0 Å². The first kappa shape index (κ1) is 18.3. The first-order valence-electron chi connectivity index (χ1n) is 8.83. The topological polar surface area (TPSA) is 55.8 Å². The number of esters is 1. The van der Waals surface area contributed by atoms with Crippen molar-refractivity contribution in [1.29, 1.82) is 0 Å². The summed E-state index contributed by atoms with van der Waals surface area (Å²) in [6.07, 6.45) is 5.72. The minimum Gasteiger partial charge on any atom is -0.484 e. The predicted molar refractivity (Wildman–Crippen MR) is 91.8 cm³/mol. The zero-order chi connectivity index (χ0) is 17.2. The lowest BCUT2D eigenvalue weighted by atomic mass is 9.94. The van der Waals surface area contributed by atoms with Gasteiger partial charge in [0.05, 0.1) is 13.0 Å². The number of hydrogen-bond acceptors (Lipinski definition) is 4.